The third-order valence-corrected chi connectivity index (χ3v) is 1.92. The molecule has 96 valence electrons. The Morgan fingerprint density at radius 2 is 1.83 bits per heavy atom. The predicted molar refractivity (Wildman–Crippen MR) is 61.6 cm³/mol. The van der Waals surface area contributed by atoms with Crippen LogP contribution in [0.1, 0.15) is 23.7 Å². The summed E-state index contributed by atoms with van der Waals surface area (Å²) >= 11 is 0. The van der Waals surface area contributed by atoms with Crippen LogP contribution < -0.4 is 5.32 Å². The van der Waals surface area contributed by atoms with Gasteiger partial charge >= 0.3 is 18.0 Å². The number of nitrogens with one attached hydrogen (secondary N) is 1. The second-order valence-electron chi connectivity index (χ2n) is 3.23. The number of carbonyl (C=O) groups is 3. The van der Waals surface area contributed by atoms with Crippen LogP contribution in [-0.2, 0) is 14.3 Å². The molecule has 1 amide bonds. The first-order chi connectivity index (χ1) is 8.63. The van der Waals surface area contributed by atoms with Crippen LogP contribution in [-0.4, -0.2) is 24.8 Å². The standard InChI is InChI=1S/C12H13NO5/c1-2-10(14)18-12(16)13-8-17-11(15)9-6-4-3-5-7-9/h3-7H,2,8H2,1H3,(H,13,16). The van der Waals surface area contributed by atoms with Crippen molar-refractivity contribution in [2.24, 2.45) is 0 Å². The summed E-state index contributed by atoms with van der Waals surface area (Å²) in [6.07, 6.45) is -0.847. The van der Waals surface area contributed by atoms with Gasteiger partial charge in [-0.05, 0) is 12.1 Å². The quantitative estimate of drug-likeness (QED) is 0.497. The highest BCUT2D eigenvalue weighted by Crippen LogP contribution is 2.00. The third-order valence-electron chi connectivity index (χ3n) is 1.92. The molecular formula is C12H13NO5. The van der Waals surface area contributed by atoms with Crippen molar-refractivity contribution < 1.29 is 23.9 Å². The molecule has 0 aliphatic heterocycles. The molecule has 0 saturated carbocycles. The number of amides is 1. The van der Waals surface area contributed by atoms with Crippen LogP contribution in [0.3, 0.4) is 0 Å². The van der Waals surface area contributed by atoms with Crippen molar-refractivity contribution in [2.75, 3.05) is 6.73 Å². The van der Waals surface area contributed by atoms with Gasteiger partial charge in [0.05, 0.1) is 5.56 Å². The summed E-state index contributed by atoms with van der Waals surface area (Å²) in [5, 5.41) is 2.12. The van der Waals surface area contributed by atoms with Crippen molar-refractivity contribution >= 4 is 18.0 Å². The molecule has 0 radical (unpaired) electrons. The molecule has 0 saturated heterocycles. The van der Waals surface area contributed by atoms with Gasteiger partial charge in [0.25, 0.3) is 0 Å². The molecule has 0 spiro atoms. The topological polar surface area (TPSA) is 81.7 Å². The number of rotatable bonds is 4. The van der Waals surface area contributed by atoms with Gasteiger partial charge in [0.15, 0.2) is 6.73 Å². The maximum absolute atomic E-state index is 11.4. The fourth-order valence-corrected chi connectivity index (χ4v) is 1.03. The van der Waals surface area contributed by atoms with Gasteiger partial charge in [-0.25, -0.2) is 9.59 Å². The van der Waals surface area contributed by atoms with E-state index in [1.165, 1.54) is 0 Å². The fourth-order valence-electron chi connectivity index (χ4n) is 1.03. The summed E-state index contributed by atoms with van der Waals surface area (Å²) in [4.78, 5) is 33.2. The molecule has 0 aliphatic carbocycles. The number of esters is 2. The van der Waals surface area contributed by atoms with E-state index in [4.69, 9.17) is 4.74 Å². The van der Waals surface area contributed by atoms with Crippen LogP contribution in [0.2, 0.25) is 0 Å². The monoisotopic (exact) mass is 251 g/mol. The van der Waals surface area contributed by atoms with Crippen LogP contribution in [0.5, 0.6) is 0 Å². The van der Waals surface area contributed by atoms with E-state index in [-0.39, 0.29) is 13.2 Å². The van der Waals surface area contributed by atoms with Crippen LogP contribution in [0.4, 0.5) is 4.79 Å². The Labute approximate surface area is 104 Å². The third kappa shape index (κ3) is 4.65. The van der Waals surface area contributed by atoms with E-state index in [0.29, 0.717) is 5.56 Å². The van der Waals surface area contributed by atoms with Gasteiger partial charge < -0.3 is 9.47 Å². The minimum absolute atomic E-state index is 0.0945. The lowest BCUT2D eigenvalue weighted by Crippen LogP contribution is -2.30. The lowest BCUT2D eigenvalue weighted by Gasteiger charge is -2.06. The van der Waals surface area contributed by atoms with Crippen LogP contribution in [0.15, 0.2) is 30.3 Å². The zero-order valence-electron chi connectivity index (χ0n) is 9.84. The zero-order valence-corrected chi connectivity index (χ0v) is 9.84. The Morgan fingerprint density at radius 1 is 1.17 bits per heavy atom. The summed E-state index contributed by atoms with van der Waals surface area (Å²) in [7, 11) is 0. The number of hydrogen-bond donors (Lipinski definition) is 1. The molecule has 1 rings (SSSR count). The van der Waals surface area contributed by atoms with E-state index in [0.717, 1.165) is 0 Å². The molecule has 0 heterocycles. The highest BCUT2D eigenvalue weighted by atomic mass is 16.6. The molecule has 6 nitrogen and oxygen atoms in total. The number of carbonyl (C=O) groups excluding carboxylic acids is 3. The Kier molecular flexibility index (Phi) is 5.37. The predicted octanol–water partition coefficient (Wildman–Crippen LogP) is 1.46. The molecule has 1 N–H and O–H groups in total. The lowest BCUT2D eigenvalue weighted by atomic mass is 10.2. The van der Waals surface area contributed by atoms with Crippen molar-refractivity contribution in [3.05, 3.63) is 35.9 Å². The normalized spacial score (nSPS) is 9.39. The summed E-state index contributed by atoms with van der Waals surface area (Å²) in [5.41, 5.74) is 0.373. The maximum atomic E-state index is 11.4. The first-order valence-electron chi connectivity index (χ1n) is 5.34. The minimum atomic E-state index is -0.942. The fraction of sp³-hybridized carbons (Fsp3) is 0.250. The maximum Gasteiger partial charge on any atom is 0.417 e. The number of benzene rings is 1. The zero-order chi connectivity index (χ0) is 13.4. The van der Waals surface area contributed by atoms with Crippen LogP contribution >= 0.6 is 0 Å². The first kappa shape index (κ1) is 13.7. The highest BCUT2D eigenvalue weighted by molar-refractivity contribution is 5.89. The Bertz CT molecular complexity index is 429. The SMILES string of the molecule is CCC(=O)OC(=O)NCOC(=O)c1ccccc1. The largest absolute Gasteiger partial charge is 0.441 e. The van der Waals surface area contributed by atoms with E-state index in [2.05, 4.69) is 10.1 Å². The van der Waals surface area contributed by atoms with Crippen molar-refractivity contribution in [3.8, 4) is 0 Å². The van der Waals surface area contributed by atoms with E-state index in [1.54, 1.807) is 37.3 Å². The van der Waals surface area contributed by atoms with Crippen LogP contribution in [0.25, 0.3) is 0 Å². The molecule has 0 aliphatic rings. The second kappa shape index (κ2) is 7.05. The Hall–Kier alpha value is -2.37. The molecule has 0 aromatic heterocycles. The lowest BCUT2D eigenvalue weighted by molar-refractivity contribution is -0.137. The van der Waals surface area contributed by atoms with Crippen LogP contribution in [0, 0.1) is 0 Å². The van der Waals surface area contributed by atoms with Gasteiger partial charge in [0, 0.05) is 6.42 Å². The first-order valence-corrected chi connectivity index (χ1v) is 5.34. The van der Waals surface area contributed by atoms with Crippen molar-refractivity contribution in [2.45, 2.75) is 13.3 Å². The highest BCUT2D eigenvalue weighted by Gasteiger charge is 2.09. The molecule has 0 fully saturated rings. The van der Waals surface area contributed by atoms with E-state index >= 15 is 0 Å². The number of hydrogen-bond acceptors (Lipinski definition) is 5. The molecule has 6 heteroatoms. The van der Waals surface area contributed by atoms with Gasteiger partial charge in [-0.3, -0.25) is 10.1 Å². The van der Waals surface area contributed by atoms with E-state index in [9.17, 15) is 14.4 Å². The van der Waals surface area contributed by atoms with Crippen molar-refractivity contribution in [1.29, 1.82) is 0 Å². The smallest absolute Gasteiger partial charge is 0.417 e. The van der Waals surface area contributed by atoms with E-state index in [1.807, 2.05) is 0 Å². The molecule has 18 heavy (non-hydrogen) atoms. The average molecular weight is 251 g/mol. The van der Waals surface area contributed by atoms with Crippen molar-refractivity contribution in [1.82, 2.24) is 5.32 Å². The summed E-state index contributed by atoms with van der Waals surface area (Å²) in [5.74, 6) is -1.22. The van der Waals surface area contributed by atoms with Crippen molar-refractivity contribution in [3.63, 3.8) is 0 Å². The molecule has 0 unspecified atom stereocenters. The second-order valence-corrected chi connectivity index (χ2v) is 3.23. The van der Waals surface area contributed by atoms with Gasteiger partial charge in [-0.15, -0.1) is 0 Å². The Balaban J connectivity index is 2.28. The molecule has 1 aromatic carbocycles. The molecule has 1 aromatic rings. The van der Waals surface area contributed by atoms with Gasteiger partial charge in [0.2, 0.25) is 0 Å². The summed E-state index contributed by atoms with van der Waals surface area (Å²) < 4.78 is 9.06. The molecular weight excluding hydrogens is 238 g/mol. The van der Waals surface area contributed by atoms with E-state index < -0.39 is 18.0 Å². The van der Waals surface area contributed by atoms with Gasteiger partial charge in [0.1, 0.15) is 0 Å². The number of ether oxygens (including phenoxy) is 2. The summed E-state index contributed by atoms with van der Waals surface area (Å²) in [6, 6.07) is 8.32. The molecule has 0 bridgehead atoms. The average Bonchev–Trinajstić information content (AvgIpc) is 2.39. The summed E-state index contributed by atoms with van der Waals surface area (Å²) in [6.45, 7) is 1.20. The van der Waals surface area contributed by atoms with Gasteiger partial charge in [-0.1, -0.05) is 25.1 Å². The Morgan fingerprint density at radius 3 is 2.44 bits per heavy atom. The van der Waals surface area contributed by atoms with Gasteiger partial charge in [-0.2, -0.15) is 0 Å². The minimum Gasteiger partial charge on any atom is -0.441 e. The number of alkyl carbamates (subject to hydrolysis) is 1. The molecule has 0 atom stereocenters.